The van der Waals surface area contributed by atoms with Gasteiger partial charge in [-0.05, 0) is 18.9 Å². The van der Waals surface area contributed by atoms with Crippen molar-refractivity contribution in [3.05, 3.63) is 12.2 Å². The van der Waals surface area contributed by atoms with Crippen molar-refractivity contribution in [2.75, 3.05) is 6.54 Å². The molecular weight excluding hydrogens is 176 g/mol. The number of carbonyl (C=O) groups excluding carboxylic acids is 1. The largest absolute Gasteiger partial charge is 0.336 e. The molecule has 0 saturated heterocycles. The van der Waals surface area contributed by atoms with E-state index in [1.807, 2.05) is 6.92 Å². The summed E-state index contributed by atoms with van der Waals surface area (Å²) in [5, 5.41) is 6.14. The minimum absolute atomic E-state index is 0.00111. The van der Waals surface area contributed by atoms with Gasteiger partial charge in [-0.25, -0.2) is 0 Å². The molecule has 0 bridgehead atoms. The number of carbonyl (C=O) groups is 1. The van der Waals surface area contributed by atoms with Crippen LogP contribution >= 0.6 is 0 Å². The lowest BCUT2D eigenvalue weighted by molar-refractivity contribution is -0.119. The highest BCUT2D eigenvalue weighted by molar-refractivity contribution is 5.92. The summed E-state index contributed by atoms with van der Waals surface area (Å²) < 4.78 is 0. The molecule has 1 amide bonds. The molecule has 0 rings (SSSR count). The maximum absolute atomic E-state index is 11.4. The number of hydrogen-bond donors (Lipinski definition) is 2. The average Bonchev–Trinajstić information content (AvgIpc) is 2.01. The summed E-state index contributed by atoms with van der Waals surface area (Å²) in [7, 11) is 0. The molecule has 0 aliphatic rings. The highest BCUT2D eigenvalue weighted by Crippen LogP contribution is 2.17. The second-order valence-corrected chi connectivity index (χ2v) is 4.61. The summed E-state index contributed by atoms with van der Waals surface area (Å²) in [5.74, 6) is -0.0918. The van der Waals surface area contributed by atoms with Gasteiger partial charge in [0.25, 0.3) is 0 Å². The van der Waals surface area contributed by atoms with Gasteiger partial charge in [-0.1, -0.05) is 34.3 Å². The van der Waals surface area contributed by atoms with Crippen molar-refractivity contribution in [3.8, 4) is 0 Å². The molecule has 3 heteroatoms. The summed E-state index contributed by atoms with van der Waals surface area (Å²) in [6.45, 7) is 14.4. The van der Waals surface area contributed by atoms with Gasteiger partial charge in [0.05, 0.1) is 6.17 Å². The predicted octanol–water partition coefficient (Wildman–Crippen LogP) is 1.66. The molecule has 14 heavy (non-hydrogen) atoms. The number of nitrogens with one attached hydrogen (secondary N) is 2. The van der Waals surface area contributed by atoms with E-state index in [4.69, 9.17) is 0 Å². The van der Waals surface area contributed by atoms with Gasteiger partial charge < -0.3 is 5.32 Å². The van der Waals surface area contributed by atoms with Gasteiger partial charge in [0.2, 0.25) is 5.91 Å². The lowest BCUT2D eigenvalue weighted by atomic mass is 9.92. The van der Waals surface area contributed by atoms with E-state index < -0.39 is 0 Å². The van der Waals surface area contributed by atoms with Crippen LogP contribution < -0.4 is 10.6 Å². The van der Waals surface area contributed by atoms with Gasteiger partial charge in [0.15, 0.2) is 0 Å². The van der Waals surface area contributed by atoms with Crippen LogP contribution in [0.3, 0.4) is 0 Å². The Hall–Kier alpha value is -0.830. The first kappa shape index (κ1) is 13.2. The topological polar surface area (TPSA) is 41.1 Å². The highest BCUT2D eigenvalue weighted by atomic mass is 16.1. The summed E-state index contributed by atoms with van der Waals surface area (Å²) in [6.07, 6.45) is -0.0169. The fourth-order valence-electron chi connectivity index (χ4n) is 1.03. The summed E-state index contributed by atoms with van der Waals surface area (Å²) in [6, 6.07) is 0. The van der Waals surface area contributed by atoms with Crippen LogP contribution in [-0.4, -0.2) is 18.6 Å². The molecule has 0 fully saturated rings. The molecule has 0 radical (unpaired) electrons. The lowest BCUT2D eigenvalue weighted by Crippen LogP contribution is -2.53. The van der Waals surface area contributed by atoms with E-state index in [1.165, 1.54) is 0 Å². The second-order valence-electron chi connectivity index (χ2n) is 4.61. The monoisotopic (exact) mass is 198 g/mol. The fourth-order valence-corrected chi connectivity index (χ4v) is 1.03. The Bertz CT molecular complexity index is 216. The molecule has 1 atom stereocenters. The lowest BCUT2D eigenvalue weighted by Gasteiger charge is -2.32. The number of hydrogen-bond acceptors (Lipinski definition) is 2. The molecule has 0 aromatic rings. The first-order chi connectivity index (χ1) is 6.29. The van der Waals surface area contributed by atoms with E-state index in [0.717, 1.165) is 6.54 Å². The maximum Gasteiger partial charge on any atom is 0.247 e. The third-order valence-electron chi connectivity index (χ3n) is 1.94. The van der Waals surface area contributed by atoms with Crippen molar-refractivity contribution < 1.29 is 4.79 Å². The molecule has 1 unspecified atom stereocenters. The third-order valence-corrected chi connectivity index (χ3v) is 1.94. The number of rotatable bonds is 4. The van der Waals surface area contributed by atoms with Crippen molar-refractivity contribution in [2.24, 2.45) is 5.41 Å². The summed E-state index contributed by atoms with van der Waals surface area (Å²) in [5.41, 5.74) is 0.540. The molecular formula is C11H22N2O. The molecule has 0 heterocycles. The van der Waals surface area contributed by atoms with Crippen molar-refractivity contribution in [1.82, 2.24) is 10.6 Å². The summed E-state index contributed by atoms with van der Waals surface area (Å²) in [4.78, 5) is 11.4. The van der Waals surface area contributed by atoms with Crippen LogP contribution in [0.1, 0.15) is 34.6 Å². The van der Waals surface area contributed by atoms with Crippen molar-refractivity contribution in [1.29, 1.82) is 0 Å². The Morgan fingerprint density at radius 3 is 2.21 bits per heavy atom. The Balaban J connectivity index is 4.38. The predicted molar refractivity (Wildman–Crippen MR) is 59.9 cm³/mol. The standard InChI is InChI=1S/C11H22N2O/c1-7-12-10(11(4,5)6)13-9(14)8(2)3/h10,12H,2,7H2,1,3-6H3,(H,13,14). The van der Waals surface area contributed by atoms with Crippen molar-refractivity contribution in [3.63, 3.8) is 0 Å². The van der Waals surface area contributed by atoms with Gasteiger partial charge in [-0.15, -0.1) is 0 Å². The normalized spacial score (nSPS) is 13.5. The van der Waals surface area contributed by atoms with E-state index in [9.17, 15) is 4.79 Å². The van der Waals surface area contributed by atoms with Crippen LogP contribution in [0.5, 0.6) is 0 Å². The van der Waals surface area contributed by atoms with Crippen LogP contribution in [0, 0.1) is 5.41 Å². The molecule has 0 saturated carbocycles. The average molecular weight is 198 g/mol. The van der Waals surface area contributed by atoms with Gasteiger partial charge in [-0.2, -0.15) is 0 Å². The second kappa shape index (κ2) is 5.15. The van der Waals surface area contributed by atoms with Crippen LogP contribution in [-0.2, 0) is 4.79 Å². The van der Waals surface area contributed by atoms with Gasteiger partial charge in [0.1, 0.15) is 0 Å². The molecule has 0 aromatic heterocycles. The Labute approximate surface area is 87.0 Å². The fraction of sp³-hybridized carbons (Fsp3) is 0.727. The van der Waals surface area contributed by atoms with Crippen molar-refractivity contribution >= 4 is 5.91 Å². The van der Waals surface area contributed by atoms with Gasteiger partial charge in [-0.3, -0.25) is 10.1 Å². The maximum atomic E-state index is 11.4. The molecule has 0 spiro atoms. The van der Waals surface area contributed by atoms with Crippen LogP contribution in [0.2, 0.25) is 0 Å². The van der Waals surface area contributed by atoms with Crippen molar-refractivity contribution in [2.45, 2.75) is 40.8 Å². The Morgan fingerprint density at radius 1 is 1.43 bits per heavy atom. The van der Waals surface area contributed by atoms with E-state index in [-0.39, 0.29) is 17.5 Å². The van der Waals surface area contributed by atoms with Crippen LogP contribution in [0.15, 0.2) is 12.2 Å². The minimum atomic E-state index is -0.0918. The van der Waals surface area contributed by atoms with Gasteiger partial charge >= 0.3 is 0 Å². The molecule has 0 aliphatic heterocycles. The Kier molecular flexibility index (Phi) is 4.85. The van der Waals surface area contributed by atoms with Crippen LogP contribution in [0.25, 0.3) is 0 Å². The van der Waals surface area contributed by atoms with E-state index in [0.29, 0.717) is 5.57 Å². The third kappa shape index (κ3) is 4.42. The molecule has 2 N–H and O–H groups in total. The first-order valence-electron chi connectivity index (χ1n) is 4.98. The SMILES string of the molecule is C=C(C)C(=O)NC(NCC)C(C)(C)C. The van der Waals surface area contributed by atoms with Crippen LogP contribution in [0.4, 0.5) is 0 Å². The quantitative estimate of drug-likeness (QED) is 0.533. The molecule has 82 valence electrons. The molecule has 0 aromatic carbocycles. The minimum Gasteiger partial charge on any atom is -0.336 e. The first-order valence-corrected chi connectivity index (χ1v) is 4.98. The van der Waals surface area contributed by atoms with E-state index >= 15 is 0 Å². The number of amides is 1. The zero-order chi connectivity index (χ0) is 11.4. The highest BCUT2D eigenvalue weighted by Gasteiger charge is 2.25. The summed E-state index contributed by atoms with van der Waals surface area (Å²) >= 11 is 0. The van der Waals surface area contributed by atoms with E-state index in [2.05, 4.69) is 38.0 Å². The van der Waals surface area contributed by atoms with Gasteiger partial charge in [0, 0.05) is 5.57 Å². The smallest absolute Gasteiger partial charge is 0.247 e. The van der Waals surface area contributed by atoms with E-state index in [1.54, 1.807) is 6.92 Å². The molecule has 3 nitrogen and oxygen atoms in total. The Morgan fingerprint density at radius 2 is 1.93 bits per heavy atom. The zero-order valence-electron chi connectivity index (χ0n) is 9.90. The molecule has 0 aliphatic carbocycles. The zero-order valence-corrected chi connectivity index (χ0v) is 9.90.